The van der Waals surface area contributed by atoms with Crippen molar-refractivity contribution in [1.82, 2.24) is 18.9 Å². The number of halogens is 1. The number of nitro benzene ring substituents is 1. The third kappa shape index (κ3) is 5.57. The number of amides is 1. The second kappa shape index (κ2) is 9.31. The first-order chi connectivity index (χ1) is 15.4. The Balaban J connectivity index is 1.88. The zero-order valence-electron chi connectivity index (χ0n) is 17.9. The average Bonchev–Trinajstić information content (AvgIpc) is 3.10. The van der Waals surface area contributed by atoms with Gasteiger partial charge in [0.2, 0.25) is 0 Å². The molecule has 1 aromatic carbocycles. The Morgan fingerprint density at radius 1 is 1.30 bits per heavy atom. The third-order valence-electron chi connectivity index (χ3n) is 4.17. The summed E-state index contributed by atoms with van der Waals surface area (Å²) < 4.78 is 34.5. The average molecular weight is 541 g/mol. The summed E-state index contributed by atoms with van der Waals surface area (Å²) in [4.78, 5) is 27.1. The first-order valence-corrected chi connectivity index (χ1v) is 11.9. The van der Waals surface area contributed by atoms with Gasteiger partial charge in [0.05, 0.1) is 22.1 Å². The summed E-state index contributed by atoms with van der Waals surface area (Å²) in [5.41, 5.74) is -1.09. The maximum absolute atomic E-state index is 13.3. The molecule has 2 aromatic heterocycles. The van der Waals surface area contributed by atoms with E-state index in [9.17, 15) is 23.3 Å². The number of nitro groups is 1. The van der Waals surface area contributed by atoms with Crippen molar-refractivity contribution in [2.45, 2.75) is 31.3 Å². The molecule has 0 saturated heterocycles. The summed E-state index contributed by atoms with van der Waals surface area (Å²) in [7, 11) is -4.60. The van der Waals surface area contributed by atoms with Crippen molar-refractivity contribution in [2.75, 3.05) is 18.4 Å². The molecular formula is C19H21BrN6O6S. The number of carbonyl (C=O) groups is 1. The van der Waals surface area contributed by atoms with Crippen LogP contribution in [0.3, 0.4) is 0 Å². The van der Waals surface area contributed by atoms with E-state index < -0.39 is 37.2 Å². The Kier molecular flexibility index (Phi) is 6.88. The second-order valence-corrected chi connectivity index (χ2v) is 10.5. The van der Waals surface area contributed by atoms with Gasteiger partial charge in [0.25, 0.3) is 15.7 Å². The van der Waals surface area contributed by atoms with Crippen LogP contribution in [0.4, 0.5) is 16.3 Å². The summed E-state index contributed by atoms with van der Waals surface area (Å²) in [6, 6.07) is 6.44. The van der Waals surface area contributed by atoms with Gasteiger partial charge in [0.1, 0.15) is 11.4 Å². The van der Waals surface area contributed by atoms with E-state index in [1.165, 1.54) is 12.1 Å². The molecule has 3 aromatic rings. The van der Waals surface area contributed by atoms with Crippen LogP contribution in [-0.4, -0.2) is 57.0 Å². The fourth-order valence-corrected chi connectivity index (χ4v) is 4.61. The van der Waals surface area contributed by atoms with Crippen molar-refractivity contribution >= 4 is 49.2 Å². The molecule has 0 unspecified atom stereocenters. The first-order valence-electron chi connectivity index (χ1n) is 9.63. The SMILES string of the molecule is CC(C)(C)OC(=O)N(CCNc1ccn2ncc(Br)c2n1)S(=O)(=O)c1ccccc1[N+](=O)[O-]. The summed E-state index contributed by atoms with van der Waals surface area (Å²) in [6.45, 7) is 4.36. The zero-order valence-corrected chi connectivity index (χ0v) is 20.3. The van der Waals surface area contributed by atoms with Crippen LogP contribution in [0.15, 0.2) is 52.1 Å². The molecule has 0 bridgehead atoms. The van der Waals surface area contributed by atoms with Gasteiger partial charge in [0, 0.05) is 18.8 Å². The van der Waals surface area contributed by atoms with E-state index in [2.05, 4.69) is 31.3 Å². The Morgan fingerprint density at radius 3 is 2.67 bits per heavy atom. The number of para-hydroxylation sites is 1. The molecule has 0 aliphatic rings. The van der Waals surface area contributed by atoms with E-state index in [-0.39, 0.29) is 13.1 Å². The minimum absolute atomic E-state index is 0.0337. The minimum Gasteiger partial charge on any atom is -0.443 e. The number of ether oxygens (including phenoxy) is 1. The fourth-order valence-electron chi connectivity index (χ4n) is 2.79. The van der Waals surface area contributed by atoms with Gasteiger partial charge in [-0.3, -0.25) is 10.1 Å². The van der Waals surface area contributed by atoms with Gasteiger partial charge in [-0.15, -0.1) is 0 Å². The molecule has 176 valence electrons. The molecule has 3 rings (SSSR count). The Hall–Kier alpha value is -3.26. The predicted molar refractivity (Wildman–Crippen MR) is 122 cm³/mol. The number of hydrogen-bond acceptors (Lipinski definition) is 9. The molecule has 1 amide bonds. The summed E-state index contributed by atoms with van der Waals surface area (Å²) in [6.07, 6.45) is 2.09. The van der Waals surface area contributed by atoms with Crippen LogP contribution in [0, 0.1) is 10.1 Å². The predicted octanol–water partition coefficient (Wildman–Crippen LogP) is 3.44. The van der Waals surface area contributed by atoms with Crippen LogP contribution in [0.2, 0.25) is 0 Å². The summed E-state index contributed by atoms with van der Waals surface area (Å²) in [5, 5.41) is 18.4. The highest BCUT2D eigenvalue weighted by Gasteiger charge is 2.37. The highest BCUT2D eigenvalue weighted by atomic mass is 79.9. The standard InChI is InChI=1S/C19H21BrN6O6S/c1-19(2,3)32-18(27)25(33(30,31)15-7-5-4-6-14(15)26(28)29)11-9-21-16-8-10-24-17(23-16)13(20)12-22-24/h4-8,10,12H,9,11H2,1-3H3,(H,21,23). The molecule has 0 aliphatic carbocycles. The molecule has 12 nitrogen and oxygen atoms in total. The van der Waals surface area contributed by atoms with Crippen molar-refractivity contribution in [3.8, 4) is 0 Å². The summed E-state index contributed by atoms with van der Waals surface area (Å²) in [5.74, 6) is 0.413. The van der Waals surface area contributed by atoms with Crippen molar-refractivity contribution in [2.24, 2.45) is 0 Å². The molecule has 2 heterocycles. The molecule has 14 heteroatoms. The highest BCUT2D eigenvalue weighted by Crippen LogP contribution is 2.27. The fraction of sp³-hybridized carbons (Fsp3) is 0.316. The monoisotopic (exact) mass is 540 g/mol. The van der Waals surface area contributed by atoms with Crippen LogP contribution in [0.25, 0.3) is 5.65 Å². The number of hydrogen-bond donors (Lipinski definition) is 1. The Bertz CT molecular complexity index is 1300. The number of nitrogens with one attached hydrogen (secondary N) is 1. The lowest BCUT2D eigenvalue weighted by atomic mass is 10.2. The first kappa shape index (κ1) is 24.4. The smallest absolute Gasteiger partial charge is 0.424 e. The van der Waals surface area contributed by atoms with Crippen LogP contribution in [0.1, 0.15) is 20.8 Å². The lowest BCUT2D eigenvalue weighted by Gasteiger charge is -2.27. The van der Waals surface area contributed by atoms with Crippen LogP contribution >= 0.6 is 15.9 Å². The number of anilines is 1. The van der Waals surface area contributed by atoms with Crippen molar-refractivity contribution in [3.63, 3.8) is 0 Å². The van der Waals surface area contributed by atoms with Gasteiger partial charge in [0.15, 0.2) is 10.5 Å². The van der Waals surface area contributed by atoms with E-state index >= 15 is 0 Å². The molecule has 0 fully saturated rings. The van der Waals surface area contributed by atoms with E-state index in [1.54, 1.807) is 43.7 Å². The van der Waals surface area contributed by atoms with E-state index in [0.717, 1.165) is 12.1 Å². The number of rotatable bonds is 7. The Morgan fingerprint density at radius 2 is 2.00 bits per heavy atom. The number of benzene rings is 1. The zero-order chi connectivity index (χ0) is 24.4. The number of fused-ring (bicyclic) bond motifs is 1. The van der Waals surface area contributed by atoms with Gasteiger partial charge in [-0.2, -0.15) is 9.40 Å². The lowest BCUT2D eigenvalue weighted by molar-refractivity contribution is -0.387. The molecular weight excluding hydrogens is 520 g/mol. The minimum atomic E-state index is -4.60. The molecule has 33 heavy (non-hydrogen) atoms. The van der Waals surface area contributed by atoms with E-state index in [4.69, 9.17) is 4.74 Å². The maximum Gasteiger partial charge on any atom is 0.424 e. The van der Waals surface area contributed by atoms with Gasteiger partial charge >= 0.3 is 6.09 Å². The van der Waals surface area contributed by atoms with Crippen LogP contribution in [0.5, 0.6) is 0 Å². The maximum atomic E-state index is 13.3. The molecule has 0 spiro atoms. The largest absolute Gasteiger partial charge is 0.443 e. The molecule has 0 saturated carbocycles. The van der Waals surface area contributed by atoms with Gasteiger partial charge in [-0.1, -0.05) is 12.1 Å². The van der Waals surface area contributed by atoms with Gasteiger partial charge in [-0.25, -0.2) is 22.7 Å². The topological polar surface area (TPSA) is 149 Å². The number of nitrogens with zero attached hydrogens (tertiary/aromatic N) is 5. The van der Waals surface area contributed by atoms with Crippen LogP contribution in [-0.2, 0) is 14.8 Å². The number of aromatic nitrogens is 3. The second-order valence-electron chi connectivity index (χ2n) is 7.78. The van der Waals surface area contributed by atoms with E-state index in [1.807, 2.05) is 0 Å². The molecule has 1 N–H and O–H groups in total. The van der Waals surface area contributed by atoms with Crippen molar-refractivity contribution < 1.29 is 22.9 Å². The Labute approximate surface area is 197 Å². The lowest BCUT2D eigenvalue weighted by Crippen LogP contribution is -2.43. The number of carbonyl (C=O) groups excluding carboxylic acids is 1. The third-order valence-corrected chi connectivity index (χ3v) is 6.55. The number of sulfonamides is 1. The summed E-state index contributed by atoms with van der Waals surface area (Å²) >= 11 is 3.33. The van der Waals surface area contributed by atoms with Gasteiger partial charge in [-0.05, 0) is 48.8 Å². The van der Waals surface area contributed by atoms with Crippen LogP contribution < -0.4 is 5.32 Å². The normalized spacial score (nSPS) is 11.9. The van der Waals surface area contributed by atoms with E-state index in [0.29, 0.717) is 20.2 Å². The quantitative estimate of drug-likeness (QED) is 0.351. The van der Waals surface area contributed by atoms with Gasteiger partial charge < -0.3 is 10.1 Å². The van der Waals surface area contributed by atoms with Crippen molar-refractivity contribution in [1.29, 1.82) is 0 Å². The highest BCUT2D eigenvalue weighted by molar-refractivity contribution is 9.10. The van der Waals surface area contributed by atoms with Crippen molar-refractivity contribution in [3.05, 3.63) is 57.3 Å². The molecule has 0 radical (unpaired) electrons. The molecule has 0 aliphatic heterocycles. The molecule has 0 atom stereocenters.